The number of nitrogens with one attached hydrogen (secondary N) is 1. The summed E-state index contributed by atoms with van der Waals surface area (Å²) >= 11 is 7.54. The fraction of sp³-hybridized carbons (Fsp3) is 0.333. The molecule has 0 aliphatic carbocycles. The number of ether oxygens (including phenoxy) is 1. The van der Waals surface area contributed by atoms with Gasteiger partial charge in [-0.1, -0.05) is 23.7 Å². The lowest BCUT2D eigenvalue weighted by Gasteiger charge is -2.26. The van der Waals surface area contributed by atoms with Gasteiger partial charge in [-0.3, -0.25) is 9.69 Å². The molecular formula is C21H23ClN4O2S. The largest absolute Gasteiger partial charge is 0.379 e. The van der Waals surface area contributed by atoms with Crippen LogP contribution in [-0.4, -0.2) is 59.8 Å². The van der Waals surface area contributed by atoms with Gasteiger partial charge in [0.05, 0.1) is 24.6 Å². The van der Waals surface area contributed by atoms with E-state index in [4.69, 9.17) is 21.3 Å². The Morgan fingerprint density at radius 1 is 1.21 bits per heavy atom. The second kappa shape index (κ2) is 9.54. The van der Waals surface area contributed by atoms with E-state index in [1.165, 1.54) is 0 Å². The van der Waals surface area contributed by atoms with Crippen molar-refractivity contribution < 1.29 is 9.53 Å². The first-order chi connectivity index (χ1) is 14.2. The highest BCUT2D eigenvalue weighted by atomic mass is 35.5. The van der Waals surface area contributed by atoms with E-state index in [1.807, 2.05) is 52.5 Å². The number of hydrogen-bond donors (Lipinski definition) is 1. The number of thiazole rings is 1. The van der Waals surface area contributed by atoms with E-state index in [0.29, 0.717) is 11.6 Å². The second-order valence-corrected chi connectivity index (χ2v) is 8.16. The van der Waals surface area contributed by atoms with Crippen LogP contribution in [0.4, 0.5) is 0 Å². The van der Waals surface area contributed by atoms with Gasteiger partial charge in [-0.05, 0) is 24.3 Å². The molecule has 6 nitrogen and oxygen atoms in total. The van der Waals surface area contributed by atoms with Gasteiger partial charge in [0.15, 0.2) is 0 Å². The number of halogens is 1. The van der Waals surface area contributed by atoms with Crippen molar-refractivity contribution in [3.05, 3.63) is 53.0 Å². The number of morpholine rings is 1. The lowest BCUT2D eigenvalue weighted by molar-refractivity contribution is -0.121. The zero-order chi connectivity index (χ0) is 20.1. The fourth-order valence-electron chi connectivity index (χ4n) is 3.28. The Kier molecular flexibility index (Phi) is 6.61. The van der Waals surface area contributed by atoms with Gasteiger partial charge in [-0.15, -0.1) is 11.3 Å². The van der Waals surface area contributed by atoms with Gasteiger partial charge < -0.3 is 14.6 Å². The van der Waals surface area contributed by atoms with Crippen molar-refractivity contribution in [2.75, 3.05) is 39.4 Å². The maximum atomic E-state index is 12.4. The van der Waals surface area contributed by atoms with Crippen molar-refractivity contribution in [3.63, 3.8) is 0 Å². The molecule has 152 valence electrons. The van der Waals surface area contributed by atoms with Crippen LogP contribution in [0.5, 0.6) is 0 Å². The number of carbonyl (C=O) groups excluding carboxylic acids is 1. The zero-order valence-electron chi connectivity index (χ0n) is 16.0. The summed E-state index contributed by atoms with van der Waals surface area (Å²) in [7, 11) is 0. The molecule has 1 saturated heterocycles. The van der Waals surface area contributed by atoms with Crippen molar-refractivity contribution in [2.24, 2.45) is 0 Å². The summed E-state index contributed by atoms with van der Waals surface area (Å²) in [5, 5.41) is 6.63. The molecule has 3 aromatic rings. The van der Waals surface area contributed by atoms with E-state index in [-0.39, 0.29) is 12.5 Å². The topological polar surface area (TPSA) is 59.4 Å². The van der Waals surface area contributed by atoms with Gasteiger partial charge >= 0.3 is 0 Å². The SMILES string of the molecule is O=C(Cn1cccc1-c1nc(-c2ccc(Cl)cc2)cs1)NCCN1CCOCC1. The van der Waals surface area contributed by atoms with Crippen molar-refractivity contribution >= 4 is 28.8 Å². The molecule has 3 heterocycles. The van der Waals surface area contributed by atoms with Gasteiger partial charge in [0.25, 0.3) is 0 Å². The summed E-state index contributed by atoms with van der Waals surface area (Å²) in [5.74, 6) is 0.00481. The Hall–Kier alpha value is -2.19. The molecule has 0 radical (unpaired) electrons. The highest BCUT2D eigenvalue weighted by Gasteiger charge is 2.14. The van der Waals surface area contributed by atoms with E-state index in [9.17, 15) is 4.79 Å². The molecule has 1 aliphatic rings. The molecule has 4 rings (SSSR count). The lowest BCUT2D eigenvalue weighted by atomic mass is 10.2. The minimum absolute atomic E-state index is 0.00481. The average Bonchev–Trinajstić information content (AvgIpc) is 3.39. The molecule has 1 fully saturated rings. The molecule has 8 heteroatoms. The van der Waals surface area contributed by atoms with Crippen LogP contribution in [0.2, 0.25) is 5.02 Å². The average molecular weight is 431 g/mol. The Labute approximate surface area is 179 Å². The number of benzene rings is 1. The van der Waals surface area contributed by atoms with E-state index in [2.05, 4.69) is 10.2 Å². The third kappa shape index (κ3) is 5.25. The zero-order valence-corrected chi connectivity index (χ0v) is 17.6. The minimum Gasteiger partial charge on any atom is -0.379 e. The van der Waals surface area contributed by atoms with Crippen LogP contribution in [0.25, 0.3) is 22.0 Å². The number of nitrogens with zero attached hydrogens (tertiary/aromatic N) is 3. The first-order valence-electron chi connectivity index (χ1n) is 9.63. The first kappa shape index (κ1) is 20.1. The van der Waals surface area contributed by atoms with Crippen LogP contribution in [0.3, 0.4) is 0 Å². The van der Waals surface area contributed by atoms with E-state index < -0.39 is 0 Å². The Balaban J connectivity index is 1.36. The first-order valence-corrected chi connectivity index (χ1v) is 10.9. The summed E-state index contributed by atoms with van der Waals surface area (Å²) in [6.45, 7) is 5.17. The van der Waals surface area contributed by atoms with Crippen molar-refractivity contribution in [2.45, 2.75) is 6.54 Å². The number of aromatic nitrogens is 2. The van der Waals surface area contributed by atoms with Crippen molar-refractivity contribution in [1.29, 1.82) is 0 Å². The molecule has 0 spiro atoms. The fourth-order valence-corrected chi connectivity index (χ4v) is 4.27. The van der Waals surface area contributed by atoms with Gasteiger partial charge in [-0.25, -0.2) is 4.98 Å². The Morgan fingerprint density at radius 2 is 2.00 bits per heavy atom. The molecule has 2 aromatic heterocycles. The standard InChI is InChI=1S/C21H23ClN4O2S/c22-17-5-3-16(4-6-17)18-15-29-21(24-18)19-2-1-8-26(19)14-20(27)23-7-9-25-10-12-28-13-11-25/h1-6,8,15H,7,9-14H2,(H,23,27). The Morgan fingerprint density at radius 3 is 2.79 bits per heavy atom. The van der Waals surface area contributed by atoms with E-state index >= 15 is 0 Å². The van der Waals surface area contributed by atoms with Gasteiger partial charge in [-0.2, -0.15) is 0 Å². The van der Waals surface area contributed by atoms with Crippen LogP contribution in [0.15, 0.2) is 48.0 Å². The second-order valence-electron chi connectivity index (χ2n) is 6.87. The minimum atomic E-state index is 0.00481. The third-order valence-electron chi connectivity index (χ3n) is 4.86. The summed E-state index contributed by atoms with van der Waals surface area (Å²) in [5.41, 5.74) is 2.87. The molecular weight excluding hydrogens is 408 g/mol. The summed E-state index contributed by atoms with van der Waals surface area (Å²) in [4.78, 5) is 19.4. The van der Waals surface area contributed by atoms with Crippen LogP contribution in [0, 0.1) is 0 Å². The number of carbonyl (C=O) groups is 1. The summed E-state index contributed by atoms with van der Waals surface area (Å²) in [6, 6.07) is 11.6. The summed E-state index contributed by atoms with van der Waals surface area (Å²) < 4.78 is 7.28. The highest BCUT2D eigenvalue weighted by molar-refractivity contribution is 7.13. The third-order valence-corrected chi connectivity index (χ3v) is 5.98. The molecule has 29 heavy (non-hydrogen) atoms. The van der Waals surface area contributed by atoms with Crippen molar-refractivity contribution in [3.8, 4) is 22.0 Å². The smallest absolute Gasteiger partial charge is 0.239 e. The predicted molar refractivity (Wildman–Crippen MR) is 116 cm³/mol. The Bertz CT molecular complexity index is 948. The van der Waals surface area contributed by atoms with Crippen LogP contribution in [0.1, 0.15) is 0 Å². The predicted octanol–water partition coefficient (Wildman–Crippen LogP) is 3.38. The number of amides is 1. The van der Waals surface area contributed by atoms with Gasteiger partial charge in [0, 0.05) is 48.3 Å². The molecule has 0 atom stereocenters. The van der Waals surface area contributed by atoms with Crippen LogP contribution < -0.4 is 5.32 Å². The molecule has 1 aromatic carbocycles. The number of rotatable bonds is 7. The normalized spacial score (nSPS) is 14.8. The molecule has 1 N–H and O–H groups in total. The van der Waals surface area contributed by atoms with Gasteiger partial charge in [0.2, 0.25) is 5.91 Å². The van der Waals surface area contributed by atoms with Crippen LogP contribution in [-0.2, 0) is 16.1 Å². The molecule has 0 bridgehead atoms. The molecule has 1 amide bonds. The van der Waals surface area contributed by atoms with E-state index in [0.717, 1.165) is 54.8 Å². The van der Waals surface area contributed by atoms with E-state index in [1.54, 1.807) is 11.3 Å². The molecule has 1 aliphatic heterocycles. The number of hydrogen-bond acceptors (Lipinski definition) is 5. The van der Waals surface area contributed by atoms with Crippen LogP contribution >= 0.6 is 22.9 Å². The summed E-state index contributed by atoms with van der Waals surface area (Å²) in [6.07, 6.45) is 1.92. The maximum absolute atomic E-state index is 12.4. The lowest BCUT2D eigenvalue weighted by Crippen LogP contribution is -2.41. The van der Waals surface area contributed by atoms with Crippen molar-refractivity contribution in [1.82, 2.24) is 19.8 Å². The van der Waals surface area contributed by atoms with Gasteiger partial charge in [0.1, 0.15) is 11.6 Å². The molecule has 0 unspecified atom stereocenters. The maximum Gasteiger partial charge on any atom is 0.239 e. The molecule has 0 saturated carbocycles. The quantitative estimate of drug-likeness (QED) is 0.624. The highest BCUT2D eigenvalue weighted by Crippen LogP contribution is 2.29. The monoisotopic (exact) mass is 430 g/mol.